The van der Waals surface area contributed by atoms with E-state index < -0.39 is 16.1 Å². The molecule has 8 nitrogen and oxygen atoms in total. The summed E-state index contributed by atoms with van der Waals surface area (Å²) in [5.41, 5.74) is 0.481. The number of hydrogen-bond donors (Lipinski definition) is 1. The summed E-state index contributed by atoms with van der Waals surface area (Å²) in [4.78, 5) is 16.8. The van der Waals surface area contributed by atoms with Crippen molar-refractivity contribution in [3.8, 4) is 11.6 Å². The van der Waals surface area contributed by atoms with Gasteiger partial charge in [0, 0.05) is 12.6 Å². The molecule has 0 saturated carbocycles. The largest absolute Gasteiger partial charge is 0.497 e. The number of nitrogens with zero attached hydrogens (tertiary/aromatic N) is 2. The number of methoxy groups -OCH3 is 2. The van der Waals surface area contributed by atoms with Crippen molar-refractivity contribution < 1.29 is 22.7 Å². The molecule has 1 amide bonds. The van der Waals surface area contributed by atoms with E-state index in [0.717, 1.165) is 0 Å². The molecule has 9 heteroatoms. The number of pyridine rings is 1. The molecular formula is C18H21N3O5S. The van der Waals surface area contributed by atoms with Gasteiger partial charge in [-0.1, -0.05) is 0 Å². The number of ether oxygens (including phenoxy) is 2. The topological polar surface area (TPSA) is 97.8 Å². The number of benzene rings is 1. The highest BCUT2D eigenvalue weighted by molar-refractivity contribution is 7.89. The molecule has 2 heterocycles. The Morgan fingerprint density at radius 3 is 2.48 bits per heavy atom. The molecule has 1 aromatic heterocycles. The summed E-state index contributed by atoms with van der Waals surface area (Å²) in [6.07, 6.45) is 2.55. The van der Waals surface area contributed by atoms with Crippen molar-refractivity contribution in [2.75, 3.05) is 26.1 Å². The summed E-state index contributed by atoms with van der Waals surface area (Å²) in [6, 6.07) is 8.64. The van der Waals surface area contributed by atoms with Crippen LogP contribution in [-0.2, 0) is 14.8 Å². The molecular weight excluding hydrogens is 370 g/mol. The summed E-state index contributed by atoms with van der Waals surface area (Å²) >= 11 is 0. The minimum Gasteiger partial charge on any atom is -0.497 e. The maximum Gasteiger partial charge on any atom is 0.243 e. The van der Waals surface area contributed by atoms with Gasteiger partial charge in [0.05, 0.1) is 31.0 Å². The lowest BCUT2D eigenvalue weighted by Crippen LogP contribution is -2.43. The van der Waals surface area contributed by atoms with Gasteiger partial charge in [-0.3, -0.25) is 4.79 Å². The predicted octanol–water partition coefficient (Wildman–Crippen LogP) is 1.89. The van der Waals surface area contributed by atoms with Crippen molar-refractivity contribution in [2.24, 2.45) is 0 Å². The van der Waals surface area contributed by atoms with Gasteiger partial charge < -0.3 is 14.8 Å². The zero-order valence-corrected chi connectivity index (χ0v) is 15.9. The third-order valence-electron chi connectivity index (χ3n) is 4.39. The Balaban J connectivity index is 1.77. The van der Waals surface area contributed by atoms with Crippen LogP contribution in [0, 0.1) is 0 Å². The SMILES string of the molecule is COc1ccc(S(=O)(=O)N2CCC[C@H]2C(=O)Nc2ccc(OC)nc2)cc1. The summed E-state index contributed by atoms with van der Waals surface area (Å²) < 4.78 is 37.2. The highest BCUT2D eigenvalue weighted by atomic mass is 32.2. The molecule has 0 unspecified atom stereocenters. The molecule has 3 rings (SSSR count). The fraction of sp³-hybridized carbons (Fsp3) is 0.333. The Bertz CT molecular complexity index is 898. The van der Waals surface area contributed by atoms with Gasteiger partial charge in [0.25, 0.3) is 0 Å². The molecule has 0 radical (unpaired) electrons. The Morgan fingerprint density at radius 1 is 1.15 bits per heavy atom. The van der Waals surface area contributed by atoms with Crippen LogP contribution in [0.1, 0.15) is 12.8 Å². The second-order valence-electron chi connectivity index (χ2n) is 6.03. The summed E-state index contributed by atoms with van der Waals surface area (Å²) in [7, 11) is -0.766. The maximum absolute atomic E-state index is 13.0. The molecule has 0 spiro atoms. The number of carbonyl (C=O) groups is 1. The van der Waals surface area contributed by atoms with Gasteiger partial charge in [0.2, 0.25) is 21.8 Å². The van der Waals surface area contributed by atoms with E-state index in [0.29, 0.717) is 36.7 Å². The van der Waals surface area contributed by atoms with Gasteiger partial charge in [0.15, 0.2) is 0 Å². The Morgan fingerprint density at radius 2 is 1.89 bits per heavy atom. The number of carbonyl (C=O) groups excluding carboxylic acids is 1. The van der Waals surface area contributed by atoms with Crippen LogP contribution in [0.3, 0.4) is 0 Å². The standard InChI is InChI=1S/C18H21N3O5S/c1-25-14-6-8-15(9-7-14)27(23,24)21-11-3-4-16(21)18(22)20-13-5-10-17(26-2)19-12-13/h5-10,12,16H,3-4,11H2,1-2H3,(H,20,22)/t16-/m0/s1. The monoisotopic (exact) mass is 391 g/mol. The average Bonchev–Trinajstić information content (AvgIpc) is 3.19. The summed E-state index contributed by atoms with van der Waals surface area (Å²) in [5.74, 6) is 0.616. The van der Waals surface area contributed by atoms with Crippen molar-refractivity contribution in [3.63, 3.8) is 0 Å². The van der Waals surface area contributed by atoms with Crippen LogP contribution in [0.5, 0.6) is 11.6 Å². The molecule has 144 valence electrons. The molecule has 1 aliphatic rings. The first kappa shape index (κ1) is 19.1. The molecule has 1 aromatic carbocycles. The van der Waals surface area contributed by atoms with Gasteiger partial charge in [-0.2, -0.15) is 4.31 Å². The van der Waals surface area contributed by atoms with Crippen LogP contribution in [0.15, 0.2) is 47.5 Å². The molecule has 0 bridgehead atoms. The van der Waals surface area contributed by atoms with Crippen LogP contribution in [0.2, 0.25) is 0 Å². The summed E-state index contributed by atoms with van der Waals surface area (Å²) in [6.45, 7) is 0.299. The van der Waals surface area contributed by atoms with Crippen LogP contribution >= 0.6 is 0 Å². The van der Waals surface area contributed by atoms with Crippen molar-refractivity contribution >= 4 is 21.6 Å². The smallest absolute Gasteiger partial charge is 0.243 e. The number of rotatable bonds is 6. The number of amides is 1. The van der Waals surface area contributed by atoms with E-state index >= 15 is 0 Å². The van der Waals surface area contributed by atoms with Gasteiger partial charge in [-0.05, 0) is 43.2 Å². The fourth-order valence-corrected chi connectivity index (χ4v) is 4.63. The van der Waals surface area contributed by atoms with Crippen molar-refractivity contribution in [1.82, 2.24) is 9.29 Å². The number of aromatic nitrogens is 1. The lowest BCUT2D eigenvalue weighted by atomic mass is 10.2. The minimum absolute atomic E-state index is 0.133. The Labute approximate surface area is 158 Å². The lowest BCUT2D eigenvalue weighted by Gasteiger charge is -2.23. The fourth-order valence-electron chi connectivity index (χ4n) is 2.97. The molecule has 2 aromatic rings. The first-order valence-corrected chi connectivity index (χ1v) is 9.86. The molecule has 1 atom stereocenters. The number of nitrogens with one attached hydrogen (secondary N) is 1. The van der Waals surface area contributed by atoms with Crippen molar-refractivity contribution in [1.29, 1.82) is 0 Å². The van der Waals surface area contributed by atoms with E-state index in [9.17, 15) is 13.2 Å². The maximum atomic E-state index is 13.0. The van der Waals surface area contributed by atoms with Crippen LogP contribution in [0.25, 0.3) is 0 Å². The van der Waals surface area contributed by atoms with E-state index in [1.165, 1.54) is 36.9 Å². The molecule has 1 fully saturated rings. The first-order valence-electron chi connectivity index (χ1n) is 8.42. The second kappa shape index (κ2) is 7.93. The Kier molecular flexibility index (Phi) is 5.62. The highest BCUT2D eigenvalue weighted by Gasteiger charge is 2.39. The van der Waals surface area contributed by atoms with E-state index in [1.54, 1.807) is 24.3 Å². The van der Waals surface area contributed by atoms with Crippen molar-refractivity contribution in [2.45, 2.75) is 23.8 Å². The molecule has 1 N–H and O–H groups in total. The van der Waals surface area contributed by atoms with Crippen LogP contribution in [-0.4, -0.2) is 50.4 Å². The molecule has 1 saturated heterocycles. The third kappa shape index (κ3) is 4.04. The number of sulfonamides is 1. The van der Waals surface area contributed by atoms with Gasteiger partial charge in [0.1, 0.15) is 11.8 Å². The second-order valence-corrected chi connectivity index (χ2v) is 7.92. The molecule has 27 heavy (non-hydrogen) atoms. The Hall–Kier alpha value is -2.65. The third-order valence-corrected chi connectivity index (χ3v) is 6.31. The zero-order chi connectivity index (χ0) is 19.4. The van der Waals surface area contributed by atoms with E-state index in [-0.39, 0.29) is 10.8 Å². The van der Waals surface area contributed by atoms with Gasteiger partial charge in [-0.15, -0.1) is 0 Å². The van der Waals surface area contributed by atoms with Crippen LogP contribution in [0.4, 0.5) is 5.69 Å². The van der Waals surface area contributed by atoms with E-state index in [1.807, 2.05) is 0 Å². The van der Waals surface area contributed by atoms with Crippen molar-refractivity contribution in [3.05, 3.63) is 42.6 Å². The zero-order valence-electron chi connectivity index (χ0n) is 15.1. The first-order chi connectivity index (χ1) is 13.0. The van der Waals surface area contributed by atoms with E-state index in [2.05, 4.69) is 10.3 Å². The quantitative estimate of drug-likeness (QED) is 0.808. The van der Waals surface area contributed by atoms with Crippen LogP contribution < -0.4 is 14.8 Å². The predicted molar refractivity (Wildman–Crippen MR) is 99.3 cm³/mol. The van der Waals surface area contributed by atoms with Gasteiger partial charge in [-0.25, -0.2) is 13.4 Å². The number of hydrogen-bond acceptors (Lipinski definition) is 6. The van der Waals surface area contributed by atoms with Gasteiger partial charge >= 0.3 is 0 Å². The molecule has 1 aliphatic heterocycles. The number of anilines is 1. The summed E-state index contributed by atoms with van der Waals surface area (Å²) in [5, 5.41) is 2.72. The minimum atomic E-state index is -3.78. The lowest BCUT2D eigenvalue weighted by molar-refractivity contribution is -0.119. The average molecular weight is 391 g/mol. The highest BCUT2D eigenvalue weighted by Crippen LogP contribution is 2.28. The van der Waals surface area contributed by atoms with E-state index in [4.69, 9.17) is 9.47 Å². The molecule has 0 aliphatic carbocycles. The normalized spacial score (nSPS) is 17.5.